The SMILES string of the molecule is CNCC(C)(C)NC(=O)N1CCCC(C(O)(CCCCOC)c2ccccc2Oc2cccc(F)c2)C1. The van der Waals surface area contributed by atoms with Gasteiger partial charge in [0.15, 0.2) is 0 Å². The average molecular weight is 516 g/mol. The molecule has 1 aliphatic heterocycles. The minimum Gasteiger partial charge on any atom is -0.457 e. The van der Waals surface area contributed by atoms with Gasteiger partial charge in [-0.2, -0.15) is 0 Å². The highest BCUT2D eigenvalue weighted by molar-refractivity contribution is 5.75. The van der Waals surface area contributed by atoms with Crippen molar-refractivity contribution in [3.8, 4) is 11.5 Å². The third-order valence-corrected chi connectivity index (χ3v) is 6.98. The van der Waals surface area contributed by atoms with Gasteiger partial charge in [0.2, 0.25) is 0 Å². The molecule has 3 rings (SSSR count). The van der Waals surface area contributed by atoms with Crippen LogP contribution in [0.2, 0.25) is 0 Å². The van der Waals surface area contributed by atoms with E-state index in [0.717, 1.165) is 25.7 Å². The molecule has 0 radical (unpaired) electrons. The molecule has 1 fully saturated rings. The number of carbonyl (C=O) groups is 1. The first kappa shape index (κ1) is 28.9. The van der Waals surface area contributed by atoms with Gasteiger partial charge < -0.3 is 30.1 Å². The maximum atomic E-state index is 13.8. The summed E-state index contributed by atoms with van der Waals surface area (Å²) >= 11 is 0. The molecule has 0 saturated carbocycles. The number of nitrogens with zero attached hydrogens (tertiary/aromatic N) is 1. The Bertz CT molecular complexity index is 1020. The Morgan fingerprint density at radius 2 is 1.97 bits per heavy atom. The summed E-state index contributed by atoms with van der Waals surface area (Å²) in [6.45, 7) is 6.28. The summed E-state index contributed by atoms with van der Waals surface area (Å²) in [5, 5.41) is 18.6. The fraction of sp³-hybridized carbons (Fsp3) is 0.552. The standard InChI is InChI=1S/C29H42FN3O4/c1-28(2,21-31-3)32-27(34)33-17-10-11-22(20-33)29(35,16-7-8-18-36-4)25-14-5-6-15-26(25)37-24-13-9-12-23(30)19-24/h5-6,9,12-15,19,22,31,35H,7-8,10-11,16-18,20-21H2,1-4H3,(H,32,34). The molecule has 204 valence electrons. The molecular weight excluding hydrogens is 473 g/mol. The summed E-state index contributed by atoms with van der Waals surface area (Å²) in [4.78, 5) is 15.0. The molecule has 3 N–H and O–H groups in total. The molecule has 2 aromatic rings. The number of methoxy groups -OCH3 is 1. The maximum absolute atomic E-state index is 13.8. The second kappa shape index (κ2) is 13.2. The molecule has 2 aromatic carbocycles. The van der Waals surface area contributed by atoms with Crippen molar-refractivity contribution in [1.82, 2.24) is 15.5 Å². The van der Waals surface area contributed by atoms with Gasteiger partial charge in [-0.15, -0.1) is 0 Å². The van der Waals surface area contributed by atoms with Crippen LogP contribution in [0.25, 0.3) is 0 Å². The van der Waals surface area contributed by atoms with E-state index in [0.29, 0.717) is 49.7 Å². The number of piperidine rings is 1. The van der Waals surface area contributed by atoms with Crippen LogP contribution in [0.15, 0.2) is 48.5 Å². The van der Waals surface area contributed by atoms with Gasteiger partial charge >= 0.3 is 6.03 Å². The van der Waals surface area contributed by atoms with Crippen molar-refractivity contribution < 1.29 is 23.8 Å². The fourth-order valence-corrected chi connectivity index (χ4v) is 5.18. The van der Waals surface area contributed by atoms with E-state index in [4.69, 9.17) is 9.47 Å². The zero-order valence-electron chi connectivity index (χ0n) is 22.6. The summed E-state index contributed by atoms with van der Waals surface area (Å²) in [7, 11) is 3.53. The first-order valence-electron chi connectivity index (χ1n) is 13.1. The Morgan fingerprint density at radius 1 is 1.19 bits per heavy atom. The van der Waals surface area contributed by atoms with Crippen LogP contribution in [0.5, 0.6) is 11.5 Å². The molecule has 0 spiro atoms. The smallest absolute Gasteiger partial charge is 0.317 e. The lowest BCUT2D eigenvalue weighted by molar-refractivity contribution is -0.0576. The number of ether oxygens (including phenoxy) is 2. The molecular formula is C29H42FN3O4. The number of hydrogen-bond donors (Lipinski definition) is 3. The summed E-state index contributed by atoms with van der Waals surface area (Å²) in [6.07, 6.45) is 3.61. The third kappa shape index (κ3) is 7.90. The van der Waals surface area contributed by atoms with Crippen molar-refractivity contribution in [2.75, 3.05) is 40.4 Å². The number of likely N-dealkylation sites (N-methyl/N-ethyl adjacent to an activating group) is 1. The topological polar surface area (TPSA) is 83.1 Å². The predicted molar refractivity (Wildman–Crippen MR) is 143 cm³/mol. The minimum atomic E-state index is -1.24. The van der Waals surface area contributed by atoms with Crippen molar-refractivity contribution >= 4 is 6.03 Å². The molecule has 2 unspecified atom stereocenters. The number of urea groups is 1. The number of para-hydroxylation sites is 1. The van der Waals surface area contributed by atoms with Gasteiger partial charge in [-0.3, -0.25) is 0 Å². The molecule has 1 heterocycles. The van der Waals surface area contributed by atoms with Crippen molar-refractivity contribution in [3.63, 3.8) is 0 Å². The number of carbonyl (C=O) groups excluding carboxylic acids is 1. The monoisotopic (exact) mass is 515 g/mol. The van der Waals surface area contributed by atoms with Gasteiger partial charge in [0, 0.05) is 56.4 Å². The number of amides is 2. The Labute approximate surface area is 220 Å². The van der Waals surface area contributed by atoms with E-state index < -0.39 is 11.1 Å². The van der Waals surface area contributed by atoms with E-state index in [1.165, 1.54) is 12.1 Å². The first-order valence-corrected chi connectivity index (χ1v) is 13.1. The number of hydrogen-bond acceptors (Lipinski definition) is 5. The van der Waals surface area contributed by atoms with E-state index in [-0.39, 0.29) is 17.8 Å². The fourth-order valence-electron chi connectivity index (χ4n) is 5.18. The molecule has 2 amide bonds. The van der Waals surface area contributed by atoms with Crippen LogP contribution in [-0.4, -0.2) is 62.0 Å². The Hall–Kier alpha value is -2.68. The second-order valence-corrected chi connectivity index (χ2v) is 10.6. The van der Waals surface area contributed by atoms with Gasteiger partial charge in [-0.25, -0.2) is 9.18 Å². The van der Waals surface area contributed by atoms with Crippen molar-refractivity contribution in [3.05, 3.63) is 59.9 Å². The predicted octanol–water partition coefficient (Wildman–Crippen LogP) is 5.04. The third-order valence-electron chi connectivity index (χ3n) is 6.98. The number of likely N-dealkylation sites (tertiary alicyclic amines) is 1. The Morgan fingerprint density at radius 3 is 2.70 bits per heavy atom. The lowest BCUT2D eigenvalue weighted by atomic mass is 9.73. The highest BCUT2D eigenvalue weighted by Crippen LogP contribution is 2.44. The van der Waals surface area contributed by atoms with Gasteiger partial charge in [0.1, 0.15) is 17.3 Å². The highest BCUT2D eigenvalue weighted by Gasteiger charge is 2.43. The summed E-state index contributed by atoms with van der Waals surface area (Å²) < 4.78 is 25.2. The molecule has 1 saturated heterocycles. The summed E-state index contributed by atoms with van der Waals surface area (Å²) in [6, 6.07) is 13.2. The van der Waals surface area contributed by atoms with Crippen LogP contribution >= 0.6 is 0 Å². The van der Waals surface area contributed by atoms with Gasteiger partial charge in [-0.1, -0.05) is 24.3 Å². The van der Waals surface area contributed by atoms with E-state index in [1.807, 2.05) is 44.0 Å². The van der Waals surface area contributed by atoms with Crippen LogP contribution in [0.1, 0.15) is 51.5 Å². The van der Waals surface area contributed by atoms with Gasteiger partial charge in [0.25, 0.3) is 0 Å². The first-order chi connectivity index (χ1) is 17.7. The molecule has 0 aliphatic carbocycles. The van der Waals surface area contributed by atoms with Crippen LogP contribution in [-0.2, 0) is 10.3 Å². The molecule has 0 bridgehead atoms. The second-order valence-electron chi connectivity index (χ2n) is 10.6. The van der Waals surface area contributed by atoms with Crippen molar-refractivity contribution in [2.45, 2.75) is 57.1 Å². The number of nitrogens with one attached hydrogen (secondary N) is 2. The zero-order chi connectivity index (χ0) is 26.9. The van der Waals surface area contributed by atoms with E-state index in [2.05, 4.69) is 10.6 Å². The molecule has 37 heavy (non-hydrogen) atoms. The molecule has 8 heteroatoms. The van der Waals surface area contributed by atoms with Crippen molar-refractivity contribution in [1.29, 1.82) is 0 Å². The van der Waals surface area contributed by atoms with Crippen LogP contribution < -0.4 is 15.4 Å². The van der Waals surface area contributed by atoms with Crippen LogP contribution in [0.3, 0.4) is 0 Å². The number of benzene rings is 2. The average Bonchev–Trinajstić information content (AvgIpc) is 2.86. The van der Waals surface area contributed by atoms with Gasteiger partial charge in [0.05, 0.1) is 5.60 Å². The summed E-state index contributed by atoms with van der Waals surface area (Å²) in [5.41, 5.74) is -0.989. The Balaban J connectivity index is 1.89. The van der Waals surface area contributed by atoms with E-state index >= 15 is 0 Å². The van der Waals surface area contributed by atoms with Gasteiger partial charge in [-0.05, 0) is 71.2 Å². The highest BCUT2D eigenvalue weighted by atomic mass is 19.1. The normalized spacial score (nSPS) is 17.8. The van der Waals surface area contributed by atoms with E-state index in [9.17, 15) is 14.3 Å². The van der Waals surface area contributed by atoms with Crippen LogP contribution in [0.4, 0.5) is 9.18 Å². The molecule has 0 aromatic heterocycles. The zero-order valence-corrected chi connectivity index (χ0v) is 22.6. The van der Waals surface area contributed by atoms with E-state index in [1.54, 1.807) is 25.3 Å². The number of aliphatic hydroxyl groups is 1. The molecule has 7 nitrogen and oxygen atoms in total. The minimum absolute atomic E-state index is 0.129. The number of rotatable bonds is 12. The number of unbranched alkanes of at least 4 members (excludes halogenated alkanes) is 1. The van der Waals surface area contributed by atoms with Crippen molar-refractivity contribution in [2.24, 2.45) is 5.92 Å². The quantitative estimate of drug-likeness (QED) is 0.345. The number of halogens is 1. The lowest BCUT2D eigenvalue weighted by Crippen LogP contribution is -2.57. The molecule has 2 atom stereocenters. The Kier molecular flexibility index (Phi) is 10.3. The maximum Gasteiger partial charge on any atom is 0.317 e. The molecule has 1 aliphatic rings. The largest absolute Gasteiger partial charge is 0.457 e. The van der Waals surface area contributed by atoms with Crippen LogP contribution in [0, 0.1) is 11.7 Å². The summed E-state index contributed by atoms with van der Waals surface area (Å²) in [5.74, 6) is 0.267. The lowest BCUT2D eigenvalue weighted by Gasteiger charge is -2.44.